The highest BCUT2D eigenvalue weighted by Gasteiger charge is 2.15. The van der Waals surface area contributed by atoms with Gasteiger partial charge < -0.3 is 25.9 Å². The number of carbonyl (C=O) groups excluding carboxylic acids is 1. The highest BCUT2D eigenvalue weighted by molar-refractivity contribution is 5.95. The Kier molecular flexibility index (Phi) is 6.64. The van der Waals surface area contributed by atoms with Crippen molar-refractivity contribution in [1.82, 2.24) is 15.0 Å². The Morgan fingerprint density at radius 2 is 2.07 bits per heavy atom. The molecule has 2 aromatic heterocycles. The molecular weight excluding hydrogens is 390 g/mol. The van der Waals surface area contributed by atoms with E-state index in [1.54, 1.807) is 6.07 Å². The van der Waals surface area contributed by atoms with Crippen molar-refractivity contribution in [3.05, 3.63) is 58.3 Å². The zero-order valence-corrected chi connectivity index (χ0v) is 15.2. The van der Waals surface area contributed by atoms with Crippen LogP contribution < -0.4 is 21.3 Å². The lowest BCUT2D eigenvalue weighted by atomic mass is 10.1. The first-order valence-electron chi connectivity index (χ1n) is 7.82. The van der Waals surface area contributed by atoms with E-state index in [0.717, 1.165) is 5.56 Å². The third-order valence-electron chi connectivity index (χ3n) is 3.60. The van der Waals surface area contributed by atoms with E-state index in [-0.39, 0.29) is 36.0 Å². The van der Waals surface area contributed by atoms with Gasteiger partial charge in [0.25, 0.3) is 11.5 Å². The van der Waals surface area contributed by atoms with Crippen LogP contribution in [0.15, 0.2) is 41.3 Å². The summed E-state index contributed by atoms with van der Waals surface area (Å²) < 4.78 is 5.18. The molecule has 0 saturated carbocycles. The van der Waals surface area contributed by atoms with Crippen LogP contribution >= 0.6 is 12.4 Å². The van der Waals surface area contributed by atoms with E-state index >= 15 is 0 Å². The molecule has 0 aliphatic carbocycles. The molecule has 1 aliphatic heterocycles. The van der Waals surface area contributed by atoms with Gasteiger partial charge in [0.15, 0.2) is 12.3 Å². The number of aromatic amines is 1. The third kappa shape index (κ3) is 4.61. The van der Waals surface area contributed by atoms with Gasteiger partial charge in [0, 0.05) is 12.7 Å². The lowest BCUT2D eigenvalue weighted by Gasteiger charge is -2.18. The van der Waals surface area contributed by atoms with Gasteiger partial charge in [-0.3, -0.25) is 9.59 Å². The van der Waals surface area contributed by atoms with Crippen LogP contribution in [0, 0.1) is 0 Å². The number of carboxylic acid groups (broad SMARTS) is 1. The smallest absolute Gasteiger partial charge is 0.372 e. The number of amides is 1. The molecule has 11 heteroatoms. The van der Waals surface area contributed by atoms with Gasteiger partial charge >= 0.3 is 5.97 Å². The summed E-state index contributed by atoms with van der Waals surface area (Å²) in [6.07, 6.45) is 1.44. The number of anilines is 1. The molecule has 5 N–H and O–H groups in total. The number of H-pyrrole nitrogens is 1. The molecule has 0 unspecified atom stereocenters. The van der Waals surface area contributed by atoms with Gasteiger partial charge in [-0.05, 0) is 29.8 Å². The summed E-state index contributed by atoms with van der Waals surface area (Å²) in [4.78, 5) is 42.4. The van der Waals surface area contributed by atoms with Gasteiger partial charge in [-0.15, -0.1) is 12.4 Å². The van der Waals surface area contributed by atoms with Crippen molar-refractivity contribution in [2.24, 2.45) is 5.73 Å². The van der Waals surface area contributed by atoms with E-state index in [1.165, 1.54) is 12.3 Å². The van der Waals surface area contributed by atoms with Gasteiger partial charge in [-0.2, -0.15) is 0 Å². The zero-order valence-electron chi connectivity index (χ0n) is 14.3. The minimum atomic E-state index is -1.28. The largest absolute Gasteiger partial charge is 0.482 e. The third-order valence-corrected chi connectivity index (χ3v) is 3.60. The predicted octanol–water partition coefficient (Wildman–Crippen LogP) is 0.914. The molecule has 3 heterocycles. The minimum absolute atomic E-state index is 0. The molecular formula is C17H16ClN5O5. The maximum Gasteiger partial charge on any atom is 0.372 e. The predicted molar refractivity (Wildman–Crippen MR) is 103 cm³/mol. The van der Waals surface area contributed by atoms with Crippen LogP contribution in [0.2, 0.25) is 0 Å². The van der Waals surface area contributed by atoms with Crippen LogP contribution in [0.4, 0.5) is 5.69 Å². The van der Waals surface area contributed by atoms with Crippen LogP contribution in [0.25, 0.3) is 11.0 Å². The van der Waals surface area contributed by atoms with Crippen molar-refractivity contribution in [1.29, 1.82) is 0 Å². The SMILES string of the molecule is Cl.NCc1ccc2c(c1)NC(=O)CO2.O=C(O)c1nc2ncccc2c(=O)[nH]1. The number of ether oxygens (including phenoxy) is 1. The summed E-state index contributed by atoms with van der Waals surface area (Å²) in [5, 5.41) is 11.6. The molecule has 4 rings (SSSR count). The number of nitrogens with zero attached hydrogens (tertiary/aromatic N) is 2. The van der Waals surface area contributed by atoms with Crippen molar-refractivity contribution in [2.45, 2.75) is 6.54 Å². The van der Waals surface area contributed by atoms with Crippen molar-refractivity contribution in [2.75, 3.05) is 11.9 Å². The summed E-state index contributed by atoms with van der Waals surface area (Å²) in [6, 6.07) is 8.64. The Labute approximate surface area is 164 Å². The molecule has 0 saturated heterocycles. The fraction of sp³-hybridized carbons (Fsp3) is 0.118. The number of hydrogen-bond acceptors (Lipinski definition) is 7. The quantitative estimate of drug-likeness (QED) is 0.489. The van der Waals surface area contributed by atoms with E-state index in [9.17, 15) is 14.4 Å². The van der Waals surface area contributed by atoms with Crippen LogP contribution in [0.1, 0.15) is 16.2 Å². The van der Waals surface area contributed by atoms with Gasteiger partial charge in [0.05, 0.1) is 11.1 Å². The molecule has 10 nitrogen and oxygen atoms in total. The molecule has 0 atom stereocenters. The second-order valence-electron chi connectivity index (χ2n) is 5.47. The number of carbonyl (C=O) groups is 2. The average Bonchev–Trinajstić information content (AvgIpc) is 2.67. The highest BCUT2D eigenvalue weighted by atomic mass is 35.5. The summed E-state index contributed by atoms with van der Waals surface area (Å²) in [6.45, 7) is 0.554. The van der Waals surface area contributed by atoms with Crippen LogP contribution in [-0.2, 0) is 11.3 Å². The minimum Gasteiger partial charge on any atom is -0.482 e. The Balaban J connectivity index is 0.000000194. The molecule has 1 amide bonds. The summed E-state index contributed by atoms with van der Waals surface area (Å²) in [7, 11) is 0. The average molecular weight is 406 g/mol. The first kappa shape index (κ1) is 20.8. The Bertz CT molecular complexity index is 1080. The number of nitrogens with two attached hydrogens (primary N) is 1. The highest BCUT2D eigenvalue weighted by Crippen LogP contribution is 2.28. The van der Waals surface area contributed by atoms with Crippen molar-refractivity contribution >= 4 is 41.0 Å². The molecule has 1 aromatic carbocycles. The van der Waals surface area contributed by atoms with E-state index in [2.05, 4.69) is 20.3 Å². The number of fused-ring (bicyclic) bond motifs is 2. The molecule has 0 spiro atoms. The maximum atomic E-state index is 11.3. The molecule has 0 fully saturated rings. The molecule has 1 aliphatic rings. The number of nitrogens with one attached hydrogen (secondary N) is 2. The van der Waals surface area contributed by atoms with E-state index < -0.39 is 17.4 Å². The second kappa shape index (κ2) is 8.93. The van der Waals surface area contributed by atoms with Crippen LogP contribution in [0.3, 0.4) is 0 Å². The lowest BCUT2D eigenvalue weighted by Crippen LogP contribution is -2.25. The first-order valence-corrected chi connectivity index (χ1v) is 7.82. The first-order chi connectivity index (χ1) is 13.0. The van der Waals surface area contributed by atoms with E-state index in [1.807, 2.05) is 18.2 Å². The number of pyridine rings is 1. The number of hydrogen-bond donors (Lipinski definition) is 4. The second-order valence-corrected chi connectivity index (χ2v) is 5.47. The fourth-order valence-electron chi connectivity index (χ4n) is 2.33. The summed E-state index contributed by atoms with van der Waals surface area (Å²) in [5.41, 5.74) is 6.78. The van der Waals surface area contributed by atoms with Gasteiger partial charge in [0.1, 0.15) is 5.75 Å². The zero-order chi connectivity index (χ0) is 19.4. The Morgan fingerprint density at radius 1 is 1.29 bits per heavy atom. The van der Waals surface area contributed by atoms with Gasteiger partial charge in [-0.1, -0.05) is 6.07 Å². The van der Waals surface area contributed by atoms with Gasteiger partial charge in [-0.25, -0.2) is 14.8 Å². The molecule has 0 radical (unpaired) electrons. The molecule has 28 heavy (non-hydrogen) atoms. The number of benzene rings is 1. The van der Waals surface area contributed by atoms with Crippen LogP contribution in [0.5, 0.6) is 5.75 Å². The van der Waals surface area contributed by atoms with Crippen molar-refractivity contribution in [3.8, 4) is 5.75 Å². The molecule has 146 valence electrons. The van der Waals surface area contributed by atoms with Crippen molar-refractivity contribution in [3.63, 3.8) is 0 Å². The Morgan fingerprint density at radius 3 is 2.79 bits per heavy atom. The molecule has 0 bridgehead atoms. The summed E-state index contributed by atoms with van der Waals surface area (Å²) >= 11 is 0. The molecule has 3 aromatic rings. The number of rotatable bonds is 2. The number of aromatic carboxylic acids is 1. The normalized spacial score (nSPS) is 11.8. The maximum absolute atomic E-state index is 11.3. The topological polar surface area (TPSA) is 160 Å². The standard InChI is InChI=1S/C9H10N2O2.C8H5N3O3.ClH/c10-4-6-1-2-8-7(3-6)11-9(12)5-13-8;12-7-4-2-1-3-9-5(4)10-6(11-7)8(13)14;/h1-3H,4-5,10H2,(H,11,12);1-3H,(H,13,14)(H,9,10,11,12);1H. The summed E-state index contributed by atoms with van der Waals surface area (Å²) in [5.74, 6) is -1.10. The van der Waals surface area contributed by atoms with E-state index in [4.69, 9.17) is 15.6 Å². The number of halogens is 1. The van der Waals surface area contributed by atoms with Crippen molar-refractivity contribution < 1.29 is 19.4 Å². The Hall–Kier alpha value is -3.50. The fourth-order valence-corrected chi connectivity index (χ4v) is 2.33. The number of carboxylic acids is 1. The van der Waals surface area contributed by atoms with Crippen LogP contribution in [-0.4, -0.2) is 38.5 Å². The number of aromatic nitrogens is 3. The van der Waals surface area contributed by atoms with E-state index in [0.29, 0.717) is 18.0 Å². The monoisotopic (exact) mass is 405 g/mol. The lowest BCUT2D eigenvalue weighted by molar-refractivity contribution is -0.118. The van der Waals surface area contributed by atoms with Gasteiger partial charge in [0.2, 0.25) is 5.82 Å².